The Labute approximate surface area is 125 Å². The summed E-state index contributed by atoms with van der Waals surface area (Å²) in [6.07, 6.45) is -2.96. The molecule has 0 bridgehead atoms. The van der Waals surface area contributed by atoms with Gasteiger partial charge in [-0.3, -0.25) is 4.98 Å². The average molecular weight is 303 g/mol. The molecule has 3 aromatic rings. The van der Waals surface area contributed by atoms with E-state index in [1.54, 1.807) is 30.3 Å². The van der Waals surface area contributed by atoms with Crippen LogP contribution in [0.5, 0.6) is 0 Å². The van der Waals surface area contributed by atoms with Crippen LogP contribution in [0.25, 0.3) is 17.1 Å². The smallest absolute Gasteiger partial charge is 0.255 e. The molecule has 0 aliphatic carbocycles. The zero-order valence-corrected chi connectivity index (χ0v) is 11.7. The summed E-state index contributed by atoms with van der Waals surface area (Å²) in [6.45, 7) is 1.91. The minimum atomic E-state index is -4.50. The van der Waals surface area contributed by atoms with Gasteiger partial charge in [-0.1, -0.05) is 23.8 Å². The maximum atomic E-state index is 13.0. The molecule has 6 heteroatoms. The Balaban J connectivity index is 2.19. The first-order chi connectivity index (χ1) is 10.4. The number of halogens is 3. The minimum absolute atomic E-state index is 0.303. The van der Waals surface area contributed by atoms with Gasteiger partial charge in [-0.15, -0.1) is 0 Å². The molecule has 1 aromatic carbocycles. The highest BCUT2D eigenvalue weighted by Crippen LogP contribution is 2.32. The number of rotatable bonds is 2. The molecular weight excluding hydrogens is 291 g/mol. The van der Waals surface area contributed by atoms with E-state index in [1.807, 2.05) is 19.1 Å². The van der Waals surface area contributed by atoms with Gasteiger partial charge in [0.1, 0.15) is 0 Å². The minimum Gasteiger partial charge on any atom is -0.255 e. The monoisotopic (exact) mass is 303 g/mol. The van der Waals surface area contributed by atoms with Gasteiger partial charge in [-0.2, -0.15) is 18.3 Å². The predicted molar refractivity (Wildman–Crippen MR) is 76.5 cm³/mol. The van der Waals surface area contributed by atoms with Crippen LogP contribution in [0.2, 0.25) is 0 Å². The third-order valence-electron chi connectivity index (χ3n) is 3.21. The van der Waals surface area contributed by atoms with Crippen LogP contribution in [0.3, 0.4) is 0 Å². The van der Waals surface area contributed by atoms with Crippen molar-refractivity contribution in [1.29, 1.82) is 0 Å². The molecule has 0 spiro atoms. The molecule has 3 rings (SSSR count). The molecule has 2 heterocycles. The summed E-state index contributed by atoms with van der Waals surface area (Å²) in [5, 5.41) is 3.71. The van der Waals surface area contributed by atoms with Crippen molar-refractivity contribution < 1.29 is 13.2 Å². The number of benzene rings is 1. The molecule has 0 aliphatic rings. The Morgan fingerprint density at radius 2 is 1.73 bits per heavy atom. The Hall–Kier alpha value is -2.63. The summed E-state index contributed by atoms with van der Waals surface area (Å²) < 4.78 is 40.2. The Bertz CT molecular complexity index is 775. The molecule has 0 unspecified atom stereocenters. The lowest BCUT2D eigenvalue weighted by Crippen LogP contribution is -2.07. The van der Waals surface area contributed by atoms with Crippen molar-refractivity contribution in [1.82, 2.24) is 14.8 Å². The van der Waals surface area contributed by atoms with E-state index in [-0.39, 0.29) is 0 Å². The fourth-order valence-corrected chi connectivity index (χ4v) is 2.10. The van der Waals surface area contributed by atoms with Crippen molar-refractivity contribution >= 4 is 0 Å². The summed E-state index contributed by atoms with van der Waals surface area (Å²) in [5.41, 5.74) is 1.38. The molecule has 0 aliphatic heterocycles. The number of alkyl halides is 3. The third kappa shape index (κ3) is 2.72. The summed E-state index contributed by atoms with van der Waals surface area (Å²) in [6, 6.07) is 13.2. The van der Waals surface area contributed by atoms with Crippen LogP contribution < -0.4 is 0 Å². The van der Waals surface area contributed by atoms with Crippen LogP contribution in [0.15, 0.2) is 54.7 Å². The van der Waals surface area contributed by atoms with Gasteiger partial charge in [0.15, 0.2) is 5.69 Å². The first kappa shape index (κ1) is 14.3. The van der Waals surface area contributed by atoms with Crippen molar-refractivity contribution in [3.05, 3.63) is 66.0 Å². The predicted octanol–water partition coefficient (Wildman–Crippen LogP) is 4.26. The van der Waals surface area contributed by atoms with Crippen molar-refractivity contribution in [3.63, 3.8) is 0 Å². The molecule has 2 aromatic heterocycles. The van der Waals surface area contributed by atoms with E-state index in [1.165, 1.54) is 10.9 Å². The van der Waals surface area contributed by atoms with Gasteiger partial charge in [0.05, 0.1) is 17.1 Å². The summed E-state index contributed by atoms with van der Waals surface area (Å²) >= 11 is 0. The van der Waals surface area contributed by atoms with Crippen LogP contribution in [-0.2, 0) is 6.18 Å². The van der Waals surface area contributed by atoms with E-state index >= 15 is 0 Å². The lowest BCUT2D eigenvalue weighted by molar-refractivity contribution is -0.141. The average Bonchev–Trinajstić information content (AvgIpc) is 2.94. The second kappa shape index (κ2) is 5.29. The first-order valence-corrected chi connectivity index (χ1v) is 6.61. The highest BCUT2D eigenvalue weighted by Gasteiger charge is 2.35. The van der Waals surface area contributed by atoms with Crippen LogP contribution in [0.1, 0.15) is 11.3 Å². The summed E-state index contributed by atoms with van der Waals surface area (Å²) in [5.74, 6) is 0. The van der Waals surface area contributed by atoms with Gasteiger partial charge in [0.2, 0.25) is 0 Å². The van der Waals surface area contributed by atoms with Gasteiger partial charge < -0.3 is 0 Å². The zero-order valence-electron chi connectivity index (χ0n) is 11.7. The van der Waals surface area contributed by atoms with Gasteiger partial charge >= 0.3 is 6.18 Å². The molecule has 0 saturated heterocycles. The fraction of sp³-hybridized carbons (Fsp3) is 0.125. The van der Waals surface area contributed by atoms with E-state index in [4.69, 9.17) is 0 Å². The van der Waals surface area contributed by atoms with Gasteiger partial charge in [-0.25, -0.2) is 4.68 Å². The van der Waals surface area contributed by atoms with Gasteiger partial charge in [0.25, 0.3) is 0 Å². The van der Waals surface area contributed by atoms with Crippen molar-refractivity contribution in [3.8, 4) is 17.1 Å². The van der Waals surface area contributed by atoms with Crippen molar-refractivity contribution in [2.75, 3.05) is 0 Å². The Morgan fingerprint density at radius 1 is 1.00 bits per heavy atom. The normalized spacial score (nSPS) is 11.6. The van der Waals surface area contributed by atoms with E-state index in [0.717, 1.165) is 11.6 Å². The van der Waals surface area contributed by atoms with Crippen LogP contribution >= 0.6 is 0 Å². The highest BCUT2D eigenvalue weighted by atomic mass is 19.4. The molecule has 0 atom stereocenters. The lowest BCUT2D eigenvalue weighted by atomic mass is 10.2. The second-order valence-corrected chi connectivity index (χ2v) is 4.87. The summed E-state index contributed by atoms with van der Waals surface area (Å²) in [4.78, 5) is 4.12. The molecule has 3 nitrogen and oxygen atoms in total. The first-order valence-electron chi connectivity index (χ1n) is 6.61. The number of hydrogen-bond acceptors (Lipinski definition) is 2. The molecule has 112 valence electrons. The molecule has 0 amide bonds. The SMILES string of the molecule is Cc1ccc(-n2nc(C(F)(F)F)cc2-c2ccccn2)cc1. The van der Waals surface area contributed by atoms with Gasteiger partial charge in [-0.05, 0) is 37.3 Å². The van der Waals surface area contributed by atoms with Gasteiger partial charge in [0, 0.05) is 6.20 Å². The van der Waals surface area contributed by atoms with E-state index in [2.05, 4.69) is 10.1 Å². The number of hydrogen-bond donors (Lipinski definition) is 0. The molecule has 0 radical (unpaired) electrons. The van der Waals surface area contributed by atoms with E-state index in [0.29, 0.717) is 17.1 Å². The van der Waals surface area contributed by atoms with E-state index in [9.17, 15) is 13.2 Å². The molecule has 0 saturated carbocycles. The maximum Gasteiger partial charge on any atom is 0.435 e. The fourth-order valence-electron chi connectivity index (χ4n) is 2.10. The topological polar surface area (TPSA) is 30.7 Å². The number of nitrogens with zero attached hydrogens (tertiary/aromatic N) is 3. The second-order valence-electron chi connectivity index (χ2n) is 4.87. The number of pyridine rings is 1. The quantitative estimate of drug-likeness (QED) is 0.708. The molecule has 0 fully saturated rings. The van der Waals surface area contributed by atoms with Crippen LogP contribution in [0, 0.1) is 6.92 Å². The number of aromatic nitrogens is 3. The molecular formula is C16H12F3N3. The Kier molecular flexibility index (Phi) is 3.44. The van der Waals surface area contributed by atoms with Crippen LogP contribution in [0.4, 0.5) is 13.2 Å². The van der Waals surface area contributed by atoms with Crippen molar-refractivity contribution in [2.45, 2.75) is 13.1 Å². The Morgan fingerprint density at radius 3 is 2.32 bits per heavy atom. The van der Waals surface area contributed by atoms with Crippen LogP contribution in [-0.4, -0.2) is 14.8 Å². The maximum absolute atomic E-state index is 13.0. The molecule has 22 heavy (non-hydrogen) atoms. The number of aryl methyl sites for hydroxylation is 1. The standard InChI is InChI=1S/C16H12F3N3/c1-11-5-7-12(8-6-11)22-14(13-4-2-3-9-20-13)10-15(21-22)16(17,18)19/h2-10H,1H3. The molecule has 0 N–H and O–H groups in total. The lowest BCUT2D eigenvalue weighted by Gasteiger charge is -2.07. The largest absolute Gasteiger partial charge is 0.435 e. The third-order valence-corrected chi connectivity index (χ3v) is 3.21. The van der Waals surface area contributed by atoms with Crippen molar-refractivity contribution in [2.24, 2.45) is 0 Å². The summed E-state index contributed by atoms with van der Waals surface area (Å²) in [7, 11) is 0. The highest BCUT2D eigenvalue weighted by molar-refractivity contribution is 5.58. The van der Waals surface area contributed by atoms with E-state index < -0.39 is 11.9 Å². The zero-order chi connectivity index (χ0) is 15.7.